The van der Waals surface area contributed by atoms with Gasteiger partial charge in [0.05, 0.1) is 12.0 Å². The molecule has 172 valence electrons. The summed E-state index contributed by atoms with van der Waals surface area (Å²) in [5, 5.41) is 6.31. The van der Waals surface area contributed by atoms with Gasteiger partial charge < -0.3 is 20.1 Å². The number of nitrogens with one attached hydrogen (secondary N) is 2. The number of carbonyl (C=O) groups excluding carboxylic acids is 2. The van der Waals surface area contributed by atoms with Crippen LogP contribution < -0.4 is 10.6 Å². The lowest BCUT2D eigenvalue weighted by molar-refractivity contribution is -0.159. The van der Waals surface area contributed by atoms with Gasteiger partial charge in [-0.3, -0.25) is 4.79 Å². The Bertz CT molecular complexity index is 803. The second kappa shape index (κ2) is 9.25. The number of carbonyl (C=O) groups is 2. The Hall–Kier alpha value is -1.99. The maximum absolute atomic E-state index is 14.2. The van der Waals surface area contributed by atoms with Gasteiger partial charge in [-0.1, -0.05) is 25.1 Å². The summed E-state index contributed by atoms with van der Waals surface area (Å²) in [6.07, 6.45) is 3.14. The van der Waals surface area contributed by atoms with Gasteiger partial charge in [-0.2, -0.15) is 0 Å². The smallest absolute Gasteiger partial charge is 0.329 e. The van der Waals surface area contributed by atoms with Crippen molar-refractivity contribution >= 4 is 11.9 Å². The van der Waals surface area contributed by atoms with Crippen LogP contribution in [0.3, 0.4) is 0 Å². The van der Waals surface area contributed by atoms with Crippen molar-refractivity contribution in [3.8, 4) is 0 Å². The summed E-state index contributed by atoms with van der Waals surface area (Å²) in [4.78, 5) is 25.9. The van der Waals surface area contributed by atoms with Crippen molar-refractivity contribution in [3.05, 3.63) is 35.6 Å². The Morgan fingerprint density at radius 2 is 1.97 bits per heavy atom. The van der Waals surface area contributed by atoms with Crippen LogP contribution >= 0.6 is 0 Å². The number of halogens is 1. The molecule has 1 amide bonds. The monoisotopic (exact) mass is 434 g/mol. The third-order valence-electron chi connectivity index (χ3n) is 6.31. The molecule has 2 N–H and O–H groups in total. The highest BCUT2D eigenvalue weighted by molar-refractivity contribution is 5.86. The Labute approximate surface area is 184 Å². The second-order valence-corrected chi connectivity index (χ2v) is 10.1. The van der Waals surface area contributed by atoms with Crippen molar-refractivity contribution in [2.45, 2.75) is 77.2 Å². The minimum absolute atomic E-state index is 0.0164. The van der Waals surface area contributed by atoms with E-state index in [4.69, 9.17) is 9.47 Å². The molecule has 1 aromatic rings. The van der Waals surface area contributed by atoms with Crippen molar-refractivity contribution < 1.29 is 23.5 Å². The van der Waals surface area contributed by atoms with E-state index in [1.807, 2.05) is 0 Å². The molecular formula is C24H35FN2O4. The molecule has 1 spiro atoms. The van der Waals surface area contributed by atoms with E-state index in [9.17, 15) is 14.0 Å². The standard InChI is InChI=1S/C24H35FN2O4/c1-15(20(30-5)19-13-24(10-11-24)14-26-19)21(28)27-18(22(29)31-23(2,3)4)12-16-8-6-7-9-17(16)25/h6-9,15,18-20,26H,10-14H2,1-5H3,(H,27,28)/t15-,18+,19+,20-/m1/s1. The number of rotatable bonds is 8. The maximum Gasteiger partial charge on any atom is 0.329 e. The summed E-state index contributed by atoms with van der Waals surface area (Å²) in [6.45, 7) is 8.04. The summed E-state index contributed by atoms with van der Waals surface area (Å²) in [7, 11) is 1.61. The van der Waals surface area contributed by atoms with Crippen molar-refractivity contribution in [2.24, 2.45) is 11.3 Å². The van der Waals surface area contributed by atoms with Crippen LogP contribution in [0, 0.1) is 17.2 Å². The minimum atomic E-state index is -0.991. The first-order chi connectivity index (χ1) is 14.5. The van der Waals surface area contributed by atoms with Crippen molar-refractivity contribution in [3.63, 3.8) is 0 Å². The molecule has 6 nitrogen and oxygen atoms in total. The number of benzene rings is 1. The number of hydrogen-bond acceptors (Lipinski definition) is 5. The molecule has 3 rings (SSSR count). The maximum atomic E-state index is 14.2. The number of hydrogen-bond donors (Lipinski definition) is 2. The highest BCUT2D eigenvalue weighted by Gasteiger charge is 2.51. The molecule has 7 heteroatoms. The third kappa shape index (κ3) is 6.04. The summed E-state index contributed by atoms with van der Waals surface area (Å²) in [6, 6.07) is 5.35. The zero-order valence-electron chi connectivity index (χ0n) is 19.2. The van der Waals surface area contributed by atoms with Crippen molar-refractivity contribution in [1.29, 1.82) is 0 Å². The van der Waals surface area contributed by atoms with Gasteiger partial charge in [-0.25, -0.2) is 9.18 Å². The normalized spacial score (nSPS) is 22.6. The second-order valence-electron chi connectivity index (χ2n) is 10.1. The van der Waals surface area contributed by atoms with E-state index in [-0.39, 0.29) is 24.5 Å². The van der Waals surface area contributed by atoms with Gasteiger partial charge in [-0.15, -0.1) is 0 Å². The molecule has 1 heterocycles. The van der Waals surface area contributed by atoms with Crippen LogP contribution in [0.15, 0.2) is 24.3 Å². The van der Waals surface area contributed by atoms with E-state index in [0.717, 1.165) is 13.0 Å². The lowest BCUT2D eigenvalue weighted by Crippen LogP contribution is -2.51. The van der Waals surface area contributed by atoms with E-state index in [2.05, 4.69) is 10.6 Å². The SMILES string of the molecule is CO[C@@H]([C@@H]1CC2(CC2)CN1)[C@@H](C)C(=O)N[C@@H](Cc1ccccc1F)C(=O)OC(C)(C)C. The van der Waals surface area contributed by atoms with Crippen molar-refractivity contribution in [2.75, 3.05) is 13.7 Å². The summed E-state index contributed by atoms with van der Waals surface area (Å²) in [5.41, 5.74) is 0.00636. The van der Waals surface area contributed by atoms with Gasteiger partial charge in [-0.05, 0) is 57.1 Å². The highest BCUT2D eigenvalue weighted by Crippen LogP contribution is 2.52. The third-order valence-corrected chi connectivity index (χ3v) is 6.31. The topological polar surface area (TPSA) is 76.7 Å². The van der Waals surface area contributed by atoms with Gasteiger partial charge in [0, 0.05) is 26.1 Å². The number of methoxy groups -OCH3 is 1. The molecule has 0 bridgehead atoms. The van der Waals surface area contributed by atoms with Gasteiger partial charge >= 0.3 is 5.97 Å². The average molecular weight is 435 g/mol. The fourth-order valence-corrected chi connectivity index (χ4v) is 4.37. The van der Waals surface area contributed by atoms with Gasteiger partial charge in [0.1, 0.15) is 17.5 Å². The zero-order valence-corrected chi connectivity index (χ0v) is 19.2. The van der Waals surface area contributed by atoms with E-state index >= 15 is 0 Å². The van der Waals surface area contributed by atoms with Gasteiger partial charge in [0.25, 0.3) is 0 Å². The van der Waals surface area contributed by atoms with Crippen LogP contribution in [-0.4, -0.2) is 49.3 Å². The van der Waals surface area contributed by atoms with Crippen LogP contribution in [0.2, 0.25) is 0 Å². The number of esters is 1. The van der Waals surface area contributed by atoms with Gasteiger partial charge in [0.15, 0.2) is 0 Å². The molecule has 2 fully saturated rings. The number of amides is 1. The van der Waals surface area contributed by atoms with E-state index < -0.39 is 29.3 Å². The average Bonchev–Trinajstić information content (AvgIpc) is 3.32. The molecule has 1 saturated carbocycles. The molecule has 0 radical (unpaired) electrons. The molecule has 2 aliphatic rings. The minimum Gasteiger partial charge on any atom is -0.458 e. The zero-order chi connectivity index (χ0) is 22.8. The quantitative estimate of drug-likeness (QED) is 0.615. The fraction of sp³-hybridized carbons (Fsp3) is 0.667. The van der Waals surface area contributed by atoms with Crippen LogP contribution in [0.5, 0.6) is 0 Å². The Morgan fingerprint density at radius 3 is 2.52 bits per heavy atom. The number of ether oxygens (including phenoxy) is 2. The van der Waals surface area contributed by atoms with E-state index in [0.29, 0.717) is 11.0 Å². The predicted molar refractivity (Wildman–Crippen MR) is 116 cm³/mol. The molecule has 31 heavy (non-hydrogen) atoms. The first-order valence-corrected chi connectivity index (χ1v) is 11.1. The van der Waals surface area contributed by atoms with Gasteiger partial charge in [0.2, 0.25) is 5.91 Å². The first kappa shape index (κ1) is 23.7. The molecule has 0 aromatic heterocycles. The molecule has 1 aliphatic carbocycles. The first-order valence-electron chi connectivity index (χ1n) is 11.1. The molecule has 4 atom stereocenters. The largest absolute Gasteiger partial charge is 0.458 e. The molecule has 1 aromatic carbocycles. The van der Waals surface area contributed by atoms with E-state index in [1.54, 1.807) is 53.0 Å². The van der Waals surface area contributed by atoms with Crippen LogP contribution in [-0.2, 0) is 25.5 Å². The van der Waals surface area contributed by atoms with Crippen molar-refractivity contribution in [1.82, 2.24) is 10.6 Å². The Balaban J connectivity index is 1.71. The fourth-order valence-electron chi connectivity index (χ4n) is 4.37. The van der Waals surface area contributed by atoms with Crippen LogP contribution in [0.25, 0.3) is 0 Å². The van der Waals surface area contributed by atoms with Crippen LogP contribution in [0.4, 0.5) is 4.39 Å². The molecule has 0 unspecified atom stereocenters. The molecular weight excluding hydrogens is 399 g/mol. The highest BCUT2D eigenvalue weighted by atomic mass is 19.1. The Morgan fingerprint density at radius 1 is 1.29 bits per heavy atom. The van der Waals surface area contributed by atoms with Crippen LogP contribution in [0.1, 0.15) is 52.5 Å². The molecule has 1 aliphatic heterocycles. The molecule has 1 saturated heterocycles. The summed E-state index contributed by atoms with van der Waals surface area (Å²) < 4.78 is 25.4. The lowest BCUT2D eigenvalue weighted by Gasteiger charge is -2.30. The van der Waals surface area contributed by atoms with E-state index in [1.165, 1.54) is 18.9 Å². The Kier molecular flexibility index (Phi) is 7.06. The predicted octanol–water partition coefficient (Wildman–Crippen LogP) is 2.99. The summed E-state index contributed by atoms with van der Waals surface area (Å²) >= 11 is 0. The lowest BCUT2D eigenvalue weighted by atomic mass is 9.92. The summed E-state index contributed by atoms with van der Waals surface area (Å²) in [5.74, 6) is -1.79.